The molecule has 3 aromatic rings. The molecule has 8 heteroatoms. The zero-order valence-electron chi connectivity index (χ0n) is 17.3. The van der Waals surface area contributed by atoms with Crippen molar-refractivity contribution >= 4 is 17.1 Å². The number of hydrogen-bond acceptors (Lipinski definition) is 8. The Labute approximate surface area is 180 Å². The molecular formula is C22H26N4O3S. The van der Waals surface area contributed by atoms with Crippen molar-refractivity contribution in [2.24, 2.45) is 0 Å². The number of ketones is 1. The third-order valence-electron chi connectivity index (χ3n) is 5.19. The predicted octanol–water partition coefficient (Wildman–Crippen LogP) is 3.72. The molecule has 30 heavy (non-hydrogen) atoms. The first kappa shape index (κ1) is 20.7. The molecule has 1 aliphatic heterocycles. The maximum atomic E-state index is 11.8. The van der Waals surface area contributed by atoms with Crippen molar-refractivity contribution in [3.05, 3.63) is 52.7 Å². The lowest BCUT2D eigenvalue weighted by atomic mass is 10.1. The Balaban J connectivity index is 1.34. The van der Waals surface area contributed by atoms with Crippen molar-refractivity contribution in [2.75, 3.05) is 32.8 Å². The number of carbonyl (C=O) groups excluding carboxylic acids is 1. The fraction of sp³-hybridized carbons (Fsp3) is 0.409. The molecule has 0 aliphatic carbocycles. The van der Waals surface area contributed by atoms with Gasteiger partial charge in [0.1, 0.15) is 5.75 Å². The zero-order chi connectivity index (χ0) is 20.9. The van der Waals surface area contributed by atoms with Crippen molar-refractivity contribution < 1.29 is 14.1 Å². The molecule has 158 valence electrons. The number of benzene rings is 1. The van der Waals surface area contributed by atoms with Gasteiger partial charge in [-0.25, -0.2) is 0 Å². The van der Waals surface area contributed by atoms with E-state index in [-0.39, 0.29) is 5.78 Å². The molecule has 7 nitrogen and oxygen atoms in total. The van der Waals surface area contributed by atoms with Gasteiger partial charge in [-0.15, -0.1) is 11.3 Å². The van der Waals surface area contributed by atoms with E-state index in [9.17, 15) is 4.79 Å². The Morgan fingerprint density at radius 2 is 1.93 bits per heavy atom. The third kappa shape index (κ3) is 4.95. The molecule has 3 heterocycles. The summed E-state index contributed by atoms with van der Waals surface area (Å²) >= 11 is 1.61. The van der Waals surface area contributed by atoms with Gasteiger partial charge < -0.3 is 9.26 Å². The molecule has 1 aromatic carbocycles. The first-order valence-electron chi connectivity index (χ1n) is 10.2. The smallest absolute Gasteiger partial charge is 0.241 e. The average Bonchev–Trinajstić information content (AvgIpc) is 3.43. The highest BCUT2D eigenvalue weighted by molar-refractivity contribution is 7.13. The third-order valence-corrected chi connectivity index (χ3v) is 6.06. The largest absolute Gasteiger partial charge is 0.494 e. The fourth-order valence-corrected chi connectivity index (χ4v) is 4.23. The average molecular weight is 427 g/mol. The van der Waals surface area contributed by atoms with Crippen LogP contribution in [0, 0.1) is 0 Å². The minimum absolute atomic E-state index is 0.0746. The Morgan fingerprint density at radius 1 is 1.17 bits per heavy atom. The molecule has 0 radical (unpaired) electrons. The molecule has 2 aromatic heterocycles. The second-order valence-corrected chi connectivity index (χ2v) is 8.30. The second-order valence-electron chi connectivity index (χ2n) is 7.35. The number of piperazine rings is 1. The highest BCUT2D eigenvalue weighted by Gasteiger charge is 2.21. The number of hydrogen-bond donors (Lipinski definition) is 0. The van der Waals surface area contributed by atoms with E-state index in [0.29, 0.717) is 24.9 Å². The summed E-state index contributed by atoms with van der Waals surface area (Å²) in [5, 5.41) is 6.10. The lowest BCUT2D eigenvalue weighted by Gasteiger charge is -2.34. The summed E-state index contributed by atoms with van der Waals surface area (Å²) in [6.45, 7) is 9.33. The van der Waals surface area contributed by atoms with Gasteiger partial charge in [0.05, 0.1) is 18.0 Å². The summed E-state index contributed by atoms with van der Waals surface area (Å²) in [5.74, 6) is 2.24. The zero-order valence-corrected chi connectivity index (χ0v) is 18.2. The Hall–Kier alpha value is -2.55. The lowest BCUT2D eigenvalue weighted by Crippen LogP contribution is -2.45. The van der Waals surface area contributed by atoms with Gasteiger partial charge in [0.15, 0.2) is 5.78 Å². The van der Waals surface area contributed by atoms with Crippen LogP contribution in [0.4, 0.5) is 0 Å². The van der Waals surface area contributed by atoms with E-state index >= 15 is 0 Å². The topological polar surface area (TPSA) is 71.7 Å². The van der Waals surface area contributed by atoms with Crippen molar-refractivity contribution in [2.45, 2.75) is 26.9 Å². The van der Waals surface area contributed by atoms with E-state index in [4.69, 9.17) is 9.26 Å². The normalized spacial score (nSPS) is 15.4. The van der Waals surface area contributed by atoms with E-state index in [0.717, 1.165) is 54.5 Å². The van der Waals surface area contributed by atoms with E-state index in [1.54, 1.807) is 18.3 Å². The Bertz CT molecular complexity index is 978. The first-order chi connectivity index (χ1) is 14.6. The quantitative estimate of drug-likeness (QED) is 0.508. The van der Waals surface area contributed by atoms with Crippen LogP contribution in [-0.4, -0.2) is 58.5 Å². The van der Waals surface area contributed by atoms with Gasteiger partial charge in [-0.05, 0) is 43.5 Å². The van der Waals surface area contributed by atoms with Crippen LogP contribution in [0.5, 0.6) is 5.75 Å². The number of carbonyl (C=O) groups is 1. The molecule has 1 saturated heterocycles. The van der Waals surface area contributed by atoms with Crippen LogP contribution >= 0.6 is 11.3 Å². The fourth-order valence-electron chi connectivity index (χ4n) is 3.58. The monoisotopic (exact) mass is 426 g/mol. The summed E-state index contributed by atoms with van der Waals surface area (Å²) in [6.07, 6.45) is 0. The van der Waals surface area contributed by atoms with Gasteiger partial charge in [0.25, 0.3) is 0 Å². The maximum absolute atomic E-state index is 11.8. The summed E-state index contributed by atoms with van der Waals surface area (Å²) in [5.41, 5.74) is 1.79. The van der Waals surface area contributed by atoms with Crippen LogP contribution in [0.25, 0.3) is 10.7 Å². The molecule has 0 spiro atoms. The number of aromatic nitrogens is 2. The Morgan fingerprint density at radius 3 is 2.60 bits per heavy atom. The van der Waals surface area contributed by atoms with Crippen LogP contribution in [0.1, 0.15) is 35.7 Å². The first-order valence-corrected chi connectivity index (χ1v) is 11.1. The van der Waals surface area contributed by atoms with Crippen molar-refractivity contribution in [3.63, 3.8) is 0 Å². The minimum Gasteiger partial charge on any atom is -0.494 e. The molecule has 0 atom stereocenters. The van der Waals surface area contributed by atoms with Crippen LogP contribution in [-0.2, 0) is 13.1 Å². The van der Waals surface area contributed by atoms with Gasteiger partial charge in [0.2, 0.25) is 11.7 Å². The number of ether oxygens (including phenoxy) is 1. The van der Waals surface area contributed by atoms with Crippen molar-refractivity contribution in [1.82, 2.24) is 19.9 Å². The standard InChI is InChI=1S/C22H26N4O3S/c1-3-28-19-7-6-17(16(2)27)13-18(19)14-25-8-10-26(11-9-25)15-21-23-22(24-29-21)20-5-4-12-30-20/h4-7,12-13H,3,8-11,14-15H2,1-2H3. The molecule has 0 amide bonds. The van der Waals surface area contributed by atoms with Gasteiger partial charge in [-0.3, -0.25) is 14.6 Å². The van der Waals surface area contributed by atoms with Gasteiger partial charge in [-0.1, -0.05) is 11.2 Å². The van der Waals surface area contributed by atoms with Crippen LogP contribution in [0.15, 0.2) is 40.2 Å². The SMILES string of the molecule is CCOc1ccc(C(C)=O)cc1CN1CCN(Cc2nc(-c3cccs3)no2)CC1. The molecule has 0 N–H and O–H groups in total. The van der Waals surface area contributed by atoms with Crippen LogP contribution < -0.4 is 4.74 Å². The van der Waals surface area contributed by atoms with E-state index in [2.05, 4.69) is 19.9 Å². The number of thiophene rings is 1. The van der Waals surface area contributed by atoms with Crippen molar-refractivity contribution in [3.8, 4) is 16.5 Å². The van der Waals surface area contributed by atoms with Crippen LogP contribution in [0.2, 0.25) is 0 Å². The van der Waals surface area contributed by atoms with Crippen LogP contribution in [0.3, 0.4) is 0 Å². The van der Waals surface area contributed by atoms with E-state index in [1.807, 2.05) is 42.6 Å². The Kier molecular flexibility index (Phi) is 6.56. The molecular weight excluding hydrogens is 400 g/mol. The minimum atomic E-state index is 0.0746. The van der Waals surface area contributed by atoms with Gasteiger partial charge >= 0.3 is 0 Å². The summed E-state index contributed by atoms with van der Waals surface area (Å²) < 4.78 is 11.2. The summed E-state index contributed by atoms with van der Waals surface area (Å²) in [7, 11) is 0. The molecule has 1 fully saturated rings. The van der Waals surface area contributed by atoms with Crippen molar-refractivity contribution in [1.29, 1.82) is 0 Å². The lowest BCUT2D eigenvalue weighted by molar-refractivity contribution is 0.101. The molecule has 0 unspecified atom stereocenters. The second kappa shape index (κ2) is 9.51. The number of Topliss-reactive ketones (excluding diaryl/α,β-unsaturated/α-hetero) is 1. The predicted molar refractivity (Wildman–Crippen MR) is 116 cm³/mol. The number of rotatable bonds is 8. The van der Waals surface area contributed by atoms with Gasteiger partial charge in [0, 0.05) is 43.9 Å². The highest BCUT2D eigenvalue weighted by atomic mass is 32.1. The maximum Gasteiger partial charge on any atom is 0.241 e. The van der Waals surface area contributed by atoms with E-state index < -0.39 is 0 Å². The van der Waals surface area contributed by atoms with E-state index in [1.165, 1.54) is 0 Å². The summed E-state index contributed by atoms with van der Waals surface area (Å²) in [6, 6.07) is 9.69. The molecule has 1 aliphatic rings. The molecule has 0 saturated carbocycles. The number of nitrogens with zero attached hydrogens (tertiary/aromatic N) is 4. The molecule has 0 bridgehead atoms. The summed E-state index contributed by atoms with van der Waals surface area (Å²) in [4.78, 5) is 22.0. The molecule has 4 rings (SSSR count). The highest BCUT2D eigenvalue weighted by Crippen LogP contribution is 2.24. The van der Waals surface area contributed by atoms with Gasteiger partial charge in [-0.2, -0.15) is 4.98 Å².